The number of rotatable bonds is 10. The van der Waals surface area contributed by atoms with Gasteiger partial charge in [0.05, 0.1) is 30.8 Å². The maximum Gasteiger partial charge on any atom is 0.429 e. The van der Waals surface area contributed by atoms with E-state index in [1.165, 1.54) is 6.07 Å². The topological polar surface area (TPSA) is 149 Å². The second kappa shape index (κ2) is 16.2. The molecule has 3 aromatic carbocycles. The lowest BCUT2D eigenvalue weighted by Crippen LogP contribution is -2.55. The molecule has 21 heteroatoms. The molecule has 3 saturated carbocycles. The summed E-state index contributed by atoms with van der Waals surface area (Å²) in [5, 5.41) is 40.1. The number of alkyl halides is 9. The first-order valence-corrected chi connectivity index (χ1v) is 17.8. The molecule has 0 saturated heterocycles. The Bertz CT molecular complexity index is 2110. The van der Waals surface area contributed by atoms with Gasteiger partial charge in [0, 0.05) is 52.4 Å². The highest BCUT2D eigenvalue weighted by Crippen LogP contribution is 2.55. The van der Waals surface area contributed by atoms with Gasteiger partial charge in [-0.25, -0.2) is 13.6 Å². The molecular formula is C38H34F11N3O7. The monoisotopic (exact) mass is 853 g/mol. The van der Waals surface area contributed by atoms with E-state index in [1.54, 1.807) is 0 Å². The van der Waals surface area contributed by atoms with E-state index < -0.39 is 118 Å². The summed E-state index contributed by atoms with van der Waals surface area (Å²) in [6.45, 7) is 0. The highest BCUT2D eigenvalue weighted by atomic mass is 19.4. The molecule has 3 fully saturated rings. The van der Waals surface area contributed by atoms with Gasteiger partial charge in [-0.1, -0.05) is 17.7 Å². The molecule has 0 heterocycles. The predicted molar refractivity (Wildman–Crippen MR) is 183 cm³/mol. The third-order valence-corrected chi connectivity index (χ3v) is 10.6. The maximum absolute atomic E-state index is 15.3. The number of fused-ring (bicyclic) bond motifs is 2. The Morgan fingerprint density at radius 2 is 1.53 bits per heavy atom. The van der Waals surface area contributed by atoms with E-state index in [0.29, 0.717) is 25.0 Å². The molecule has 5 unspecified atom stereocenters. The van der Waals surface area contributed by atoms with Crippen LogP contribution in [0.2, 0.25) is 0 Å². The minimum Gasteiger partial charge on any atom is -0.496 e. The second-order valence-electron chi connectivity index (χ2n) is 14.3. The number of carbonyl (C=O) groups excluding carboxylic acids is 2. The Balaban J connectivity index is 1.34. The van der Waals surface area contributed by atoms with Crippen LogP contribution in [0.1, 0.15) is 48.3 Å². The van der Waals surface area contributed by atoms with Gasteiger partial charge < -0.3 is 35.4 Å². The average Bonchev–Trinajstić information content (AvgIpc) is 3.54. The Kier molecular flexibility index (Phi) is 12.0. The Morgan fingerprint density at radius 3 is 2.12 bits per heavy atom. The number of halogens is 11. The fourth-order valence-electron chi connectivity index (χ4n) is 7.79. The van der Waals surface area contributed by atoms with E-state index in [1.807, 2.05) is 0 Å². The zero-order valence-electron chi connectivity index (χ0n) is 30.2. The quantitative estimate of drug-likeness (QED) is 0.0712. The smallest absolute Gasteiger partial charge is 0.429 e. The number of carbonyl (C=O) groups is 2. The van der Waals surface area contributed by atoms with Crippen LogP contribution in [0.25, 0.3) is 11.1 Å². The van der Waals surface area contributed by atoms with Crippen LogP contribution in [0.4, 0.5) is 58.8 Å². The van der Waals surface area contributed by atoms with Crippen LogP contribution in [0.15, 0.2) is 66.2 Å². The van der Waals surface area contributed by atoms with Gasteiger partial charge in [-0.15, -0.1) is 0 Å². The van der Waals surface area contributed by atoms with Gasteiger partial charge in [0.1, 0.15) is 23.6 Å². The lowest BCUT2D eigenvalue weighted by Gasteiger charge is -2.37. The van der Waals surface area contributed by atoms with Crippen molar-refractivity contribution in [2.75, 3.05) is 12.4 Å². The van der Waals surface area contributed by atoms with Crippen molar-refractivity contribution in [3.8, 4) is 16.9 Å². The van der Waals surface area contributed by atoms with Gasteiger partial charge in [-0.3, -0.25) is 10.1 Å². The first kappa shape index (κ1) is 43.6. The van der Waals surface area contributed by atoms with Crippen LogP contribution in [0, 0.1) is 29.4 Å². The van der Waals surface area contributed by atoms with Gasteiger partial charge in [0.2, 0.25) is 12.0 Å². The third kappa shape index (κ3) is 9.12. The Hall–Kier alpha value is -4.99. The van der Waals surface area contributed by atoms with Gasteiger partial charge in [0.25, 0.3) is 0 Å². The summed E-state index contributed by atoms with van der Waals surface area (Å²) in [6, 6.07) is 4.78. The number of allylic oxidation sites excluding steroid dienone is 1. The summed E-state index contributed by atoms with van der Waals surface area (Å²) in [5.41, 5.74) is -4.84. The number of aliphatic hydroxyl groups excluding tert-OH is 3. The molecule has 2 amide bonds. The van der Waals surface area contributed by atoms with Crippen molar-refractivity contribution in [2.45, 2.75) is 74.4 Å². The summed E-state index contributed by atoms with van der Waals surface area (Å²) >= 11 is 0. The van der Waals surface area contributed by atoms with Crippen LogP contribution in [-0.2, 0) is 15.7 Å². The lowest BCUT2D eigenvalue weighted by atomic mass is 9.80. The summed E-state index contributed by atoms with van der Waals surface area (Å²) in [4.78, 5) is 26.0. The number of hydrogen-bond acceptors (Lipinski definition) is 8. The summed E-state index contributed by atoms with van der Waals surface area (Å²) in [6.07, 6.45) is -24.2. The summed E-state index contributed by atoms with van der Waals surface area (Å²) in [5.74, 6) is -9.70. The van der Waals surface area contributed by atoms with Crippen LogP contribution < -0.4 is 20.7 Å². The van der Waals surface area contributed by atoms with Gasteiger partial charge >= 0.3 is 24.6 Å². The summed E-state index contributed by atoms with van der Waals surface area (Å²) < 4.78 is 163. The zero-order valence-corrected chi connectivity index (χ0v) is 30.2. The van der Waals surface area contributed by atoms with Crippen molar-refractivity contribution < 1.29 is 82.7 Å². The number of ether oxygens (including phenoxy) is 2. The highest BCUT2D eigenvalue weighted by molar-refractivity contribution is 5.94. The van der Waals surface area contributed by atoms with E-state index in [0.717, 1.165) is 43.9 Å². The Labute approximate surface area is 327 Å². The molecule has 3 aliphatic rings. The molecule has 6 N–H and O–H groups in total. The first-order chi connectivity index (χ1) is 27.5. The number of hydrogen-bond donors (Lipinski definition) is 6. The number of methoxy groups -OCH3 is 1. The molecule has 8 atom stereocenters. The normalized spacial score (nSPS) is 25.0. The van der Waals surface area contributed by atoms with Crippen molar-refractivity contribution >= 4 is 17.7 Å². The standard InChI is InChI=1S/C38H34F11N3O7/c1-58-25-10-6-15(19-12-16(5-8-23(19)39)32(38(47,48)49)59-35(57)51-17-3-2-4-17)11-20(25)33(55)52-29-27-21(14-36(41,42)43)26(30(53)31(27)54)28(29)34(56)50-18-7-9-24(40)22(13-18)37(44,45)46/h5-14,17,26-33,52-55H,2-4H2,1H3,(H,50,56)(H,51,57)/b21-14-/t26?,27?,28-,29+,30?,31?,32-,33?/m0/s1. The molecular weight excluding hydrogens is 819 g/mol. The van der Waals surface area contributed by atoms with Gasteiger partial charge in [-0.2, -0.15) is 39.5 Å². The van der Waals surface area contributed by atoms with Crippen molar-refractivity contribution in [3.63, 3.8) is 0 Å². The van der Waals surface area contributed by atoms with Crippen molar-refractivity contribution in [2.24, 2.45) is 17.8 Å². The average molecular weight is 854 g/mol. The largest absolute Gasteiger partial charge is 0.496 e. The van der Waals surface area contributed by atoms with Crippen LogP contribution >= 0.6 is 0 Å². The molecule has 2 bridgehead atoms. The van der Waals surface area contributed by atoms with Gasteiger partial charge in [-0.05, 0) is 67.3 Å². The zero-order chi connectivity index (χ0) is 43.4. The number of amides is 2. The molecule has 3 aliphatic carbocycles. The van der Waals surface area contributed by atoms with E-state index in [4.69, 9.17) is 9.47 Å². The molecule has 0 spiro atoms. The number of benzene rings is 3. The predicted octanol–water partition coefficient (Wildman–Crippen LogP) is 7.22. The lowest BCUT2D eigenvalue weighted by molar-refractivity contribution is -0.206. The fourth-order valence-corrected chi connectivity index (χ4v) is 7.79. The second-order valence-corrected chi connectivity index (χ2v) is 14.3. The minimum absolute atomic E-state index is 0.184. The molecule has 10 nitrogen and oxygen atoms in total. The van der Waals surface area contributed by atoms with E-state index in [2.05, 4.69) is 16.0 Å². The SMILES string of the molecule is COc1ccc(-c2cc([C@H](OC(=O)NC3CCC3)C(F)(F)F)ccc2F)cc1C(O)N[C@@H]1C2/C(=C\C(F)(F)F)C(C(O)C2O)[C@@H]1C(=O)Nc1ccc(F)c(C(F)(F)F)c1. The van der Waals surface area contributed by atoms with Crippen molar-refractivity contribution in [1.29, 1.82) is 0 Å². The van der Waals surface area contributed by atoms with Gasteiger partial charge in [0.15, 0.2) is 0 Å². The van der Waals surface area contributed by atoms with Crippen LogP contribution in [0.5, 0.6) is 5.75 Å². The molecule has 0 radical (unpaired) electrons. The molecule has 59 heavy (non-hydrogen) atoms. The number of alkyl carbamates (subject to hydrolysis) is 1. The third-order valence-electron chi connectivity index (χ3n) is 10.6. The van der Waals surface area contributed by atoms with E-state index in [9.17, 15) is 68.8 Å². The van der Waals surface area contributed by atoms with E-state index in [-0.39, 0.29) is 35.1 Å². The maximum atomic E-state index is 15.3. The molecule has 320 valence electrons. The van der Waals surface area contributed by atoms with E-state index >= 15 is 4.39 Å². The van der Waals surface area contributed by atoms with Crippen molar-refractivity contribution in [1.82, 2.24) is 10.6 Å². The summed E-state index contributed by atoms with van der Waals surface area (Å²) in [7, 11) is 1.11. The highest BCUT2D eigenvalue weighted by Gasteiger charge is 2.64. The number of anilines is 1. The molecule has 0 aromatic heterocycles. The van der Waals surface area contributed by atoms with Crippen LogP contribution in [0.3, 0.4) is 0 Å². The Morgan fingerprint density at radius 1 is 0.864 bits per heavy atom. The van der Waals surface area contributed by atoms with Crippen molar-refractivity contribution in [3.05, 3.63) is 94.6 Å². The fraction of sp³-hybridized carbons (Fsp3) is 0.421. The minimum atomic E-state index is -5.22. The molecule has 3 aromatic rings. The molecule has 0 aliphatic heterocycles. The number of nitrogens with one attached hydrogen (secondary N) is 3. The van der Waals surface area contributed by atoms with Crippen LogP contribution in [-0.4, -0.2) is 71.1 Å². The first-order valence-electron chi connectivity index (χ1n) is 17.8. The molecule has 6 rings (SSSR count). The number of aliphatic hydroxyl groups is 3.